The molecule has 0 aromatic carbocycles. The standard InChI is InChI=1S/C16H30N2O/c1-2-15-12-14(6-11-19-15)18-10-9-17-13-16(18)7-4-3-5-8-16/h14-15,17H,2-13H2,1H3. The molecule has 0 aromatic rings. The fraction of sp³-hybridized carbons (Fsp3) is 1.00. The highest BCUT2D eigenvalue weighted by atomic mass is 16.5. The average molecular weight is 266 g/mol. The summed E-state index contributed by atoms with van der Waals surface area (Å²) in [6, 6.07) is 0.777. The third kappa shape index (κ3) is 2.84. The normalized spacial score (nSPS) is 36.5. The van der Waals surface area contributed by atoms with Crippen molar-refractivity contribution < 1.29 is 4.74 Å². The van der Waals surface area contributed by atoms with E-state index in [4.69, 9.17) is 4.74 Å². The highest BCUT2D eigenvalue weighted by molar-refractivity contribution is 5.01. The van der Waals surface area contributed by atoms with Crippen molar-refractivity contribution in [2.45, 2.75) is 76.0 Å². The Balaban J connectivity index is 1.72. The van der Waals surface area contributed by atoms with Crippen LogP contribution in [0.4, 0.5) is 0 Å². The van der Waals surface area contributed by atoms with E-state index < -0.39 is 0 Å². The van der Waals surface area contributed by atoms with E-state index in [1.165, 1.54) is 71.0 Å². The maximum Gasteiger partial charge on any atom is 0.0587 e. The van der Waals surface area contributed by atoms with Crippen molar-refractivity contribution in [1.29, 1.82) is 0 Å². The van der Waals surface area contributed by atoms with E-state index in [2.05, 4.69) is 17.1 Å². The number of ether oxygens (including phenoxy) is 1. The highest BCUT2D eigenvalue weighted by Gasteiger charge is 2.43. The van der Waals surface area contributed by atoms with Crippen LogP contribution in [0.2, 0.25) is 0 Å². The SMILES string of the molecule is CCC1CC(N2CCNCC23CCCCC3)CCO1. The predicted octanol–water partition coefficient (Wildman–Crippen LogP) is 2.55. The van der Waals surface area contributed by atoms with Crippen LogP contribution in [0.5, 0.6) is 0 Å². The quantitative estimate of drug-likeness (QED) is 0.831. The van der Waals surface area contributed by atoms with E-state index in [-0.39, 0.29) is 0 Å². The summed E-state index contributed by atoms with van der Waals surface area (Å²) in [7, 11) is 0. The zero-order valence-electron chi connectivity index (χ0n) is 12.5. The molecule has 0 amide bonds. The Morgan fingerprint density at radius 3 is 2.89 bits per heavy atom. The summed E-state index contributed by atoms with van der Waals surface area (Å²) in [4.78, 5) is 2.90. The number of rotatable bonds is 2. The zero-order valence-corrected chi connectivity index (χ0v) is 12.5. The van der Waals surface area contributed by atoms with E-state index in [1.54, 1.807) is 0 Å². The number of piperazine rings is 1. The van der Waals surface area contributed by atoms with Gasteiger partial charge in [-0.2, -0.15) is 0 Å². The zero-order chi connectivity index (χ0) is 13.1. The maximum atomic E-state index is 5.88. The molecule has 2 aliphatic heterocycles. The fourth-order valence-corrected chi connectivity index (χ4v) is 4.53. The van der Waals surface area contributed by atoms with Crippen LogP contribution in [0.25, 0.3) is 0 Å². The lowest BCUT2D eigenvalue weighted by atomic mass is 9.77. The Kier molecular flexibility index (Phi) is 4.45. The highest BCUT2D eigenvalue weighted by Crippen LogP contribution is 2.38. The Labute approximate surface area is 118 Å². The molecule has 19 heavy (non-hydrogen) atoms. The lowest BCUT2D eigenvalue weighted by Crippen LogP contribution is -2.65. The summed E-state index contributed by atoms with van der Waals surface area (Å²) >= 11 is 0. The Bertz CT molecular complexity index is 280. The third-order valence-corrected chi connectivity index (χ3v) is 5.61. The van der Waals surface area contributed by atoms with Crippen molar-refractivity contribution in [2.75, 3.05) is 26.2 Å². The van der Waals surface area contributed by atoms with Crippen LogP contribution < -0.4 is 5.32 Å². The van der Waals surface area contributed by atoms with E-state index in [1.807, 2.05) is 0 Å². The molecule has 1 spiro atoms. The second-order valence-electron chi connectivity index (χ2n) is 6.73. The van der Waals surface area contributed by atoms with Gasteiger partial charge in [0.15, 0.2) is 0 Å². The van der Waals surface area contributed by atoms with Crippen LogP contribution in [0.3, 0.4) is 0 Å². The van der Waals surface area contributed by atoms with E-state index in [0.717, 1.165) is 12.6 Å². The molecule has 3 nitrogen and oxygen atoms in total. The van der Waals surface area contributed by atoms with E-state index in [0.29, 0.717) is 11.6 Å². The molecule has 0 aromatic heterocycles. The molecular weight excluding hydrogens is 236 g/mol. The molecule has 3 rings (SSSR count). The molecule has 110 valence electrons. The van der Waals surface area contributed by atoms with Crippen LogP contribution >= 0.6 is 0 Å². The van der Waals surface area contributed by atoms with Crippen molar-refractivity contribution in [3.8, 4) is 0 Å². The minimum atomic E-state index is 0.483. The molecule has 1 N–H and O–H groups in total. The molecule has 2 saturated heterocycles. The minimum Gasteiger partial charge on any atom is -0.378 e. The summed E-state index contributed by atoms with van der Waals surface area (Å²) in [5.74, 6) is 0. The van der Waals surface area contributed by atoms with Gasteiger partial charge < -0.3 is 10.1 Å². The smallest absolute Gasteiger partial charge is 0.0587 e. The predicted molar refractivity (Wildman–Crippen MR) is 78.4 cm³/mol. The van der Waals surface area contributed by atoms with Gasteiger partial charge in [0, 0.05) is 37.8 Å². The van der Waals surface area contributed by atoms with Gasteiger partial charge in [0.05, 0.1) is 6.10 Å². The molecule has 0 bridgehead atoms. The summed E-state index contributed by atoms with van der Waals surface area (Å²) in [6.07, 6.45) is 11.3. The van der Waals surface area contributed by atoms with Crippen molar-refractivity contribution >= 4 is 0 Å². The molecule has 3 heteroatoms. The molecule has 2 unspecified atom stereocenters. The molecular formula is C16H30N2O. The van der Waals surface area contributed by atoms with E-state index in [9.17, 15) is 0 Å². The Morgan fingerprint density at radius 1 is 1.26 bits per heavy atom. The summed E-state index contributed by atoms with van der Waals surface area (Å²) < 4.78 is 5.88. The fourth-order valence-electron chi connectivity index (χ4n) is 4.53. The largest absolute Gasteiger partial charge is 0.378 e. The van der Waals surface area contributed by atoms with Crippen molar-refractivity contribution in [2.24, 2.45) is 0 Å². The van der Waals surface area contributed by atoms with E-state index >= 15 is 0 Å². The van der Waals surface area contributed by atoms with Crippen LogP contribution in [-0.4, -0.2) is 48.8 Å². The molecule has 3 aliphatic rings. The Morgan fingerprint density at radius 2 is 2.11 bits per heavy atom. The van der Waals surface area contributed by atoms with Gasteiger partial charge in [0.1, 0.15) is 0 Å². The first-order valence-corrected chi connectivity index (χ1v) is 8.43. The molecule has 1 aliphatic carbocycles. The molecule has 2 atom stereocenters. The van der Waals surface area contributed by atoms with Gasteiger partial charge in [0.25, 0.3) is 0 Å². The molecule has 1 saturated carbocycles. The first-order chi connectivity index (χ1) is 9.34. The summed E-state index contributed by atoms with van der Waals surface area (Å²) in [5, 5.41) is 3.67. The van der Waals surface area contributed by atoms with Crippen molar-refractivity contribution in [1.82, 2.24) is 10.2 Å². The van der Waals surface area contributed by atoms with Gasteiger partial charge in [-0.3, -0.25) is 4.90 Å². The monoisotopic (exact) mass is 266 g/mol. The lowest BCUT2D eigenvalue weighted by molar-refractivity contribution is -0.0758. The molecule has 2 heterocycles. The number of nitrogens with zero attached hydrogens (tertiary/aromatic N) is 1. The minimum absolute atomic E-state index is 0.483. The average Bonchev–Trinajstić information content (AvgIpc) is 2.49. The van der Waals surface area contributed by atoms with Crippen LogP contribution in [0, 0.1) is 0 Å². The van der Waals surface area contributed by atoms with Gasteiger partial charge in [-0.25, -0.2) is 0 Å². The Hall–Kier alpha value is -0.120. The number of hydrogen-bond acceptors (Lipinski definition) is 3. The lowest BCUT2D eigenvalue weighted by Gasteiger charge is -2.54. The van der Waals surface area contributed by atoms with Gasteiger partial charge in [-0.15, -0.1) is 0 Å². The van der Waals surface area contributed by atoms with Crippen LogP contribution in [0.15, 0.2) is 0 Å². The van der Waals surface area contributed by atoms with Gasteiger partial charge in [-0.05, 0) is 32.1 Å². The second-order valence-corrected chi connectivity index (χ2v) is 6.73. The number of hydrogen-bond donors (Lipinski definition) is 1. The van der Waals surface area contributed by atoms with Gasteiger partial charge in [0.2, 0.25) is 0 Å². The van der Waals surface area contributed by atoms with Gasteiger partial charge in [-0.1, -0.05) is 26.2 Å². The summed E-state index contributed by atoms with van der Waals surface area (Å²) in [5.41, 5.74) is 0.483. The molecule has 3 fully saturated rings. The van der Waals surface area contributed by atoms with Crippen LogP contribution in [-0.2, 0) is 4.74 Å². The number of nitrogens with one attached hydrogen (secondary N) is 1. The second kappa shape index (κ2) is 6.11. The molecule has 0 radical (unpaired) electrons. The van der Waals surface area contributed by atoms with Crippen molar-refractivity contribution in [3.63, 3.8) is 0 Å². The van der Waals surface area contributed by atoms with Gasteiger partial charge >= 0.3 is 0 Å². The summed E-state index contributed by atoms with van der Waals surface area (Å²) in [6.45, 7) is 6.89. The topological polar surface area (TPSA) is 24.5 Å². The van der Waals surface area contributed by atoms with Crippen LogP contribution in [0.1, 0.15) is 58.3 Å². The third-order valence-electron chi connectivity index (χ3n) is 5.61. The first kappa shape index (κ1) is 13.8. The first-order valence-electron chi connectivity index (χ1n) is 8.43. The maximum absolute atomic E-state index is 5.88. The van der Waals surface area contributed by atoms with Crippen molar-refractivity contribution in [3.05, 3.63) is 0 Å².